The van der Waals surface area contributed by atoms with Gasteiger partial charge in [-0.1, -0.05) is 12.1 Å². The van der Waals surface area contributed by atoms with Crippen LogP contribution in [-0.4, -0.2) is 28.1 Å². The van der Waals surface area contributed by atoms with Gasteiger partial charge in [-0.3, -0.25) is 0 Å². The van der Waals surface area contributed by atoms with Gasteiger partial charge in [0.15, 0.2) is 17.3 Å². The van der Waals surface area contributed by atoms with Crippen LogP contribution in [0.4, 0.5) is 13.2 Å². The maximum atomic E-state index is 12.7. The molecule has 0 atom stereocenters. The molecule has 0 saturated carbocycles. The summed E-state index contributed by atoms with van der Waals surface area (Å²) in [5, 5.41) is 3.87. The van der Waals surface area contributed by atoms with E-state index in [9.17, 15) is 13.2 Å². The third-order valence-corrected chi connectivity index (χ3v) is 3.05. The summed E-state index contributed by atoms with van der Waals surface area (Å²) in [6.07, 6.45) is -4.42. The van der Waals surface area contributed by atoms with Crippen LogP contribution in [0.2, 0.25) is 0 Å². The molecular weight excluding hydrogens is 325 g/mol. The van der Waals surface area contributed by atoms with E-state index in [0.717, 1.165) is 4.68 Å². The SMILES string of the molecule is COc1ccccc1OCc1nc(C(C)(C)N)n(CC(F)(F)F)n1. The summed E-state index contributed by atoms with van der Waals surface area (Å²) in [6.45, 7) is 1.77. The fourth-order valence-corrected chi connectivity index (χ4v) is 2.09. The highest BCUT2D eigenvalue weighted by Gasteiger charge is 2.33. The fourth-order valence-electron chi connectivity index (χ4n) is 2.09. The van der Waals surface area contributed by atoms with Crippen molar-refractivity contribution in [3.8, 4) is 11.5 Å². The molecule has 0 unspecified atom stereocenters. The number of benzene rings is 1. The zero-order valence-electron chi connectivity index (χ0n) is 13.6. The topological polar surface area (TPSA) is 75.2 Å². The van der Waals surface area contributed by atoms with Crippen LogP contribution in [0.5, 0.6) is 11.5 Å². The van der Waals surface area contributed by atoms with Crippen LogP contribution >= 0.6 is 0 Å². The zero-order chi connectivity index (χ0) is 18.0. The van der Waals surface area contributed by atoms with E-state index in [1.54, 1.807) is 38.1 Å². The minimum atomic E-state index is -4.42. The number of alkyl halides is 3. The first-order valence-corrected chi connectivity index (χ1v) is 7.16. The van der Waals surface area contributed by atoms with E-state index in [1.807, 2.05) is 0 Å². The Morgan fingerprint density at radius 2 is 1.79 bits per heavy atom. The number of methoxy groups -OCH3 is 1. The van der Waals surface area contributed by atoms with Crippen molar-refractivity contribution in [3.63, 3.8) is 0 Å². The number of halogens is 3. The van der Waals surface area contributed by atoms with Gasteiger partial charge in [-0.05, 0) is 26.0 Å². The van der Waals surface area contributed by atoms with E-state index >= 15 is 0 Å². The Morgan fingerprint density at radius 1 is 1.17 bits per heavy atom. The molecule has 1 aromatic carbocycles. The Bertz CT molecular complexity index is 693. The molecule has 2 N–H and O–H groups in total. The average Bonchev–Trinajstić information content (AvgIpc) is 2.86. The molecular formula is C15H19F3N4O2. The van der Waals surface area contributed by atoms with Crippen molar-refractivity contribution in [2.75, 3.05) is 7.11 Å². The summed E-state index contributed by atoms with van der Waals surface area (Å²) in [5.74, 6) is 1.10. The highest BCUT2D eigenvalue weighted by atomic mass is 19.4. The number of nitrogens with zero attached hydrogens (tertiary/aromatic N) is 3. The fraction of sp³-hybridized carbons (Fsp3) is 0.467. The second-order valence-electron chi connectivity index (χ2n) is 5.79. The van der Waals surface area contributed by atoms with Gasteiger partial charge >= 0.3 is 6.18 Å². The van der Waals surface area contributed by atoms with Gasteiger partial charge in [-0.15, -0.1) is 0 Å². The third-order valence-electron chi connectivity index (χ3n) is 3.05. The normalized spacial score (nSPS) is 12.3. The van der Waals surface area contributed by atoms with Crippen LogP contribution < -0.4 is 15.2 Å². The van der Waals surface area contributed by atoms with E-state index in [4.69, 9.17) is 15.2 Å². The number of hydrogen-bond donors (Lipinski definition) is 1. The molecule has 0 saturated heterocycles. The molecule has 0 fully saturated rings. The summed E-state index contributed by atoms with van der Waals surface area (Å²) in [7, 11) is 1.49. The molecule has 0 aliphatic carbocycles. The van der Waals surface area contributed by atoms with Gasteiger partial charge in [0.2, 0.25) is 0 Å². The van der Waals surface area contributed by atoms with E-state index < -0.39 is 18.3 Å². The Morgan fingerprint density at radius 3 is 2.33 bits per heavy atom. The van der Waals surface area contributed by atoms with E-state index in [0.29, 0.717) is 11.5 Å². The lowest BCUT2D eigenvalue weighted by molar-refractivity contribution is -0.143. The van der Waals surface area contributed by atoms with Crippen molar-refractivity contribution in [2.24, 2.45) is 5.73 Å². The summed E-state index contributed by atoms with van der Waals surface area (Å²) in [5.41, 5.74) is 4.82. The van der Waals surface area contributed by atoms with Gasteiger partial charge < -0.3 is 15.2 Å². The van der Waals surface area contributed by atoms with Crippen LogP contribution in [0.1, 0.15) is 25.5 Å². The van der Waals surface area contributed by atoms with Gasteiger partial charge in [-0.25, -0.2) is 9.67 Å². The second kappa shape index (κ2) is 6.68. The van der Waals surface area contributed by atoms with Crippen LogP contribution in [0.3, 0.4) is 0 Å². The number of hydrogen-bond acceptors (Lipinski definition) is 5. The molecule has 0 aliphatic heterocycles. The van der Waals surface area contributed by atoms with Gasteiger partial charge in [-0.2, -0.15) is 18.3 Å². The molecule has 2 rings (SSSR count). The highest BCUT2D eigenvalue weighted by molar-refractivity contribution is 5.39. The minimum Gasteiger partial charge on any atom is -0.493 e. The summed E-state index contributed by atoms with van der Waals surface area (Å²) in [4.78, 5) is 4.10. The van der Waals surface area contributed by atoms with Crippen molar-refractivity contribution in [2.45, 2.75) is 38.7 Å². The maximum absolute atomic E-state index is 12.7. The Kier molecular flexibility index (Phi) is 5.02. The zero-order valence-corrected chi connectivity index (χ0v) is 13.6. The lowest BCUT2D eigenvalue weighted by atomic mass is 10.1. The Labute approximate surface area is 137 Å². The van der Waals surface area contributed by atoms with Crippen molar-refractivity contribution >= 4 is 0 Å². The van der Waals surface area contributed by atoms with E-state index in [2.05, 4.69) is 10.1 Å². The molecule has 132 valence electrons. The molecule has 0 aliphatic rings. The second-order valence-corrected chi connectivity index (χ2v) is 5.79. The lowest BCUT2D eigenvalue weighted by Gasteiger charge is -2.18. The molecule has 1 heterocycles. The van der Waals surface area contributed by atoms with Crippen molar-refractivity contribution in [1.82, 2.24) is 14.8 Å². The first kappa shape index (κ1) is 18.1. The van der Waals surface area contributed by atoms with Gasteiger partial charge in [0.25, 0.3) is 0 Å². The quantitative estimate of drug-likeness (QED) is 0.872. The first-order valence-electron chi connectivity index (χ1n) is 7.16. The largest absolute Gasteiger partial charge is 0.493 e. The van der Waals surface area contributed by atoms with E-state index in [-0.39, 0.29) is 18.3 Å². The van der Waals surface area contributed by atoms with Crippen LogP contribution in [0.15, 0.2) is 24.3 Å². The molecule has 24 heavy (non-hydrogen) atoms. The molecule has 0 spiro atoms. The average molecular weight is 344 g/mol. The van der Waals surface area contributed by atoms with Gasteiger partial charge in [0, 0.05) is 0 Å². The van der Waals surface area contributed by atoms with Crippen molar-refractivity contribution in [3.05, 3.63) is 35.9 Å². The van der Waals surface area contributed by atoms with Gasteiger partial charge in [0.1, 0.15) is 19.0 Å². The predicted molar refractivity (Wildman–Crippen MR) is 80.6 cm³/mol. The van der Waals surface area contributed by atoms with Crippen LogP contribution in [0.25, 0.3) is 0 Å². The third kappa shape index (κ3) is 4.60. The number of ether oxygens (including phenoxy) is 2. The molecule has 1 aromatic heterocycles. The van der Waals surface area contributed by atoms with Crippen LogP contribution in [-0.2, 0) is 18.7 Å². The highest BCUT2D eigenvalue weighted by Crippen LogP contribution is 2.27. The minimum absolute atomic E-state index is 0.0402. The summed E-state index contributed by atoms with van der Waals surface area (Å²) in [6, 6.07) is 6.91. The lowest BCUT2D eigenvalue weighted by Crippen LogP contribution is -2.34. The number of rotatable bonds is 6. The van der Waals surface area contributed by atoms with Gasteiger partial charge in [0.05, 0.1) is 12.6 Å². The predicted octanol–water partition coefficient (Wildman–Crippen LogP) is 2.62. The molecule has 9 heteroatoms. The van der Waals surface area contributed by atoms with Crippen molar-refractivity contribution in [1.29, 1.82) is 0 Å². The Hall–Kier alpha value is -2.29. The monoisotopic (exact) mass is 344 g/mol. The molecule has 0 amide bonds. The van der Waals surface area contributed by atoms with Crippen LogP contribution in [0, 0.1) is 0 Å². The maximum Gasteiger partial charge on any atom is 0.408 e. The molecule has 0 bridgehead atoms. The molecule has 0 radical (unpaired) electrons. The molecule has 6 nitrogen and oxygen atoms in total. The first-order chi connectivity index (χ1) is 11.1. The standard InChI is InChI=1S/C15H19F3N4O2/c1-14(2,19)13-20-12(21-22(13)9-15(16,17)18)8-24-11-7-5-4-6-10(11)23-3/h4-7H,8-9,19H2,1-3H3. The Balaban J connectivity index is 2.22. The number of nitrogens with two attached hydrogens (primary N) is 1. The van der Waals surface area contributed by atoms with Crippen molar-refractivity contribution < 1.29 is 22.6 Å². The number of aromatic nitrogens is 3. The summed E-state index contributed by atoms with van der Waals surface area (Å²) < 4.78 is 49.5. The number of para-hydroxylation sites is 2. The summed E-state index contributed by atoms with van der Waals surface area (Å²) >= 11 is 0. The molecule has 2 aromatic rings. The smallest absolute Gasteiger partial charge is 0.408 e. The van der Waals surface area contributed by atoms with E-state index in [1.165, 1.54) is 7.11 Å².